The Morgan fingerprint density at radius 2 is 1.79 bits per heavy atom. The molecule has 0 aromatic heterocycles. The van der Waals surface area contributed by atoms with E-state index in [1.807, 2.05) is 6.92 Å². The maximum atomic E-state index is 11.9. The molecule has 6 nitrogen and oxygen atoms in total. The smallest absolute Gasteiger partial charge is 0.338 e. The Kier molecular flexibility index (Phi) is 7.39. The quantitative estimate of drug-likeness (QED) is 0.594. The van der Waals surface area contributed by atoms with Gasteiger partial charge in [0.1, 0.15) is 12.4 Å². The van der Waals surface area contributed by atoms with Crippen molar-refractivity contribution in [2.45, 2.75) is 45.1 Å². The molecule has 1 saturated carbocycles. The second-order valence-electron chi connectivity index (χ2n) is 5.82. The number of benzene rings is 1. The molecule has 2 amide bonds. The van der Waals surface area contributed by atoms with Crippen LogP contribution in [0.4, 0.5) is 4.79 Å². The molecular weight excluding hydrogens is 308 g/mol. The van der Waals surface area contributed by atoms with Gasteiger partial charge in [-0.1, -0.05) is 6.42 Å². The minimum absolute atomic E-state index is 0.135. The number of urea groups is 1. The van der Waals surface area contributed by atoms with Crippen molar-refractivity contribution in [3.05, 3.63) is 29.8 Å². The van der Waals surface area contributed by atoms with Crippen LogP contribution in [0.25, 0.3) is 0 Å². The summed E-state index contributed by atoms with van der Waals surface area (Å²) in [6.45, 7) is 2.80. The first-order valence-corrected chi connectivity index (χ1v) is 8.64. The summed E-state index contributed by atoms with van der Waals surface area (Å²) in [5, 5.41) is 5.20. The van der Waals surface area contributed by atoms with E-state index in [0.717, 1.165) is 18.6 Å². The van der Waals surface area contributed by atoms with E-state index < -0.39 is 5.97 Å². The van der Waals surface area contributed by atoms with Crippen LogP contribution in [0.2, 0.25) is 0 Å². The number of hydrogen-bond acceptors (Lipinski definition) is 4. The third kappa shape index (κ3) is 6.10. The number of rotatable bonds is 7. The first kappa shape index (κ1) is 18.1. The molecule has 0 bridgehead atoms. The van der Waals surface area contributed by atoms with Crippen LogP contribution in [0.3, 0.4) is 0 Å². The Morgan fingerprint density at radius 3 is 2.46 bits per heavy atom. The summed E-state index contributed by atoms with van der Waals surface area (Å²) in [6, 6.07) is 6.75. The average molecular weight is 334 g/mol. The third-order valence-electron chi connectivity index (χ3n) is 3.90. The number of nitrogens with one attached hydrogen (secondary N) is 2. The molecule has 1 aliphatic rings. The molecule has 24 heavy (non-hydrogen) atoms. The molecule has 6 heteroatoms. The van der Waals surface area contributed by atoms with Gasteiger partial charge in [-0.05, 0) is 56.9 Å². The maximum Gasteiger partial charge on any atom is 0.338 e. The van der Waals surface area contributed by atoms with Gasteiger partial charge in [0.05, 0.1) is 18.2 Å². The second kappa shape index (κ2) is 9.80. The van der Waals surface area contributed by atoms with Crippen LogP contribution >= 0.6 is 0 Å². The van der Waals surface area contributed by atoms with Gasteiger partial charge in [0.15, 0.2) is 0 Å². The summed E-state index contributed by atoms with van der Waals surface area (Å²) in [5.74, 6) is 0.383. The number of hydrogen-bond donors (Lipinski definition) is 2. The molecule has 0 heterocycles. The molecule has 0 atom stereocenters. The van der Waals surface area contributed by atoms with Gasteiger partial charge in [-0.3, -0.25) is 0 Å². The number of carbonyl (C=O) groups excluding carboxylic acids is 2. The number of esters is 1. The fraction of sp³-hybridized carbons (Fsp3) is 0.556. The van der Waals surface area contributed by atoms with Gasteiger partial charge in [0.25, 0.3) is 0 Å². The van der Waals surface area contributed by atoms with Crippen molar-refractivity contribution >= 4 is 12.0 Å². The maximum absolute atomic E-state index is 11.9. The topological polar surface area (TPSA) is 76.7 Å². The molecule has 0 radical (unpaired) electrons. The van der Waals surface area contributed by atoms with E-state index in [1.54, 1.807) is 24.3 Å². The first-order valence-electron chi connectivity index (χ1n) is 8.64. The molecule has 0 spiro atoms. The summed E-state index contributed by atoms with van der Waals surface area (Å²) >= 11 is 0. The molecule has 0 aliphatic heterocycles. The zero-order valence-corrected chi connectivity index (χ0v) is 14.2. The highest BCUT2D eigenvalue weighted by Gasteiger charge is 2.15. The van der Waals surface area contributed by atoms with Crippen LogP contribution < -0.4 is 15.4 Å². The molecule has 0 unspecified atom stereocenters. The zero-order chi connectivity index (χ0) is 17.2. The molecule has 0 saturated heterocycles. The predicted molar refractivity (Wildman–Crippen MR) is 91.3 cm³/mol. The van der Waals surface area contributed by atoms with Crippen molar-refractivity contribution in [3.63, 3.8) is 0 Å². The van der Waals surface area contributed by atoms with E-state index in [-0.39, 0.29) is 25.3 Å². The van der Waals surface area contributed by atoms with Gasteiger partial charge < -0.3 is 20.1 Å². The lowest BCUT2D eigenvalue weighted by atomic mass is 9.98. The van der Waals surface area contributed by atoms with Crippen LogP contribution in [0.1, 0.15) is 49.4 Å². The molecule has 132 valence electrons. The minimum Gasteiger partial charge on any atom is -0.490 e. The summed E-state index contributed by atoms with van der Waals surface area (Å²) in [4.78, 5) is 23.1. The highest BCUT2D eigenvalue weighted by molar-refractivity contribution is 5.89. The van der Waals surface area contributed by atoms with Crippen molar-refractivity contribution in [2.24, 2.45) is 0 Å². The Bertz CT molecular complexity index is 524. The predicted octanol–water partition coefficient (Wildman–Crippen LogP) is 2.87. The van der Waals surface area contributed by atoms with E-state index in [4.69, 9.17) is 9.47 Å². The number of amides is 2. The minimum atomic E-state index is -0.406. The number of ether oxygens (including phenoxy) is 2. The lowest BCUT2D eigenvalue weighted by molar-refractivity contribution is 0.0510. The fourth-order valence-electron chi connectivity index (χ4n) is 2.66. The van der Waals surface area contributed by atoms with Gasteiger partial charge in [0, 0.05) is 6.54 Å². The molecule has 1 aliphatic carbocycles. The Labute approximate surface area is 142 Å². The van der Waals surface area contributed by atoms with Crippen molar-refractivity contribution in [1.82, 2.24) is 10.6 Å². The lowest BCUT2D eigenvalue weighted by Gasteiger charge is -2.23. The van der Waals surface area contributed by atoms with Crippen molar-refractivity contribution in [3.8, 4) is 5.75 Å². The van der Waals surface area contributed by atoms with Crippen LogP contribution in [-0.4, -0.2) is 37.8 Å². The Hall–Kier alpha value is -2.24. The van der Waals surface area contributed by atoms with E-state index in [1.165, 1.54) is 19.3 Å². The molecule has 2 rings (SSSR count). The Morgan fingerprint density at radius 1 is 1.08 bits per heavy atom. The van der Waals surface area contributed by atoms with Crippen LogP contribution in [-0.2, 0) is 4.74 Å². The van der Waals surface area contributed by atoms with Gasteiger partial charge in [0.2, 0.25) is 0 Å². The third-order valence-corrected chi connectivity index (χ3v) is 3.90. The summed E-state index contributed by atoms with van der Waals surface area (Å²) < 4.78 is 11.1. The van der Waals surface area contributed by atoms with E-state index in [2.05, 4.69) is 10.6 Å². The molecule has 1 aromatic rings. The zero-order valence-electron chi connectivity index (χ0n) is 14.2. The SMILES string of the molecule is CCNC(=O)NCCOC(=O)c1ccc(OC2CCCCC2)cc1. The largest absolute Gasteiger partial charge is 0.490 e. The standard InChI is InChI=1S/C18H26N2O4/c1-2-19-18(22)20-12-13-23-17(21)14-8-10-16(11-9-14)24-15-6-4-3-5-7-15/h8-11,15H,2-7,12-13H2,1H3,(H2,19,20,22). The molecule has 1 fully saturated rings. The fourth-order valence-corrected chi connectivity index (χ4v) is 2.66. The van der Waals surface area contributed by atoms with Gasteiger partial charge in [-0.25, -0.2) is 9.59 Å². The highest BCUT2D eigenvalue weighted by Crippen LogP contribution is 2.23. The first-order chi connectivity index (χ1) is 11.7. The summed E-state index contributed by atoms with van der Waals surface area (Å²) in [7, 11) is 0. The molecule has 1 aromatic carbocycles. The van der Waals surface area contributed by atoms with E-state index >= 15 is 0 Å². The highest BCUT2D eigenvalue weighted by atomic mass is 16.5. The van der Waals surface area contributed by atoms with Gasteiger partial charge >= 0.3 is 12.0 Å². The van der Waals surface area contributed by atoms with Gasteiger partial charge in [-0.15, -0.1) is 0 Å². The number of carbonyl (C=O) groups is 2. The van der Waals surface area contributed by atoms with Crippen LogP contribution in [0.5, 0.6) is 5.75 Å². The second-order valence-corrected chi connectivity index (χ2v) is 5.82. The summed E-state index contributed by atoms with van der Waals surface area (Å²) in [5.41, 5.74) is 0.476. The van der Waals surface area contributed by atoms with Crippen molar-refractivity contribution < 1.29 is 19.1 Å². The van der Waals surface area contributed by atoms with Crippen LogP contribution in [0, 0.1) is 0 Å². The van der Waals surface area contributed by atoms with E-state index in [0.29, 0.717) is 12.1 Å². The average Bonchev–Trinajstić information content (AvgIpc) is 2.60. The van der Waals surface area contributed by atoms with E-state index in [9.17, 15) is 9.59 Å². The van der Waals surface area contributed by atoms with Crippen LogP contribution in [0.15, 0.2) is 24.3 Å². The summed E-state index contributed by atoms with van der Waals surface area (Å²) in [6.07, 6.45) is 6.22. The Balaban J connectivity index is 1.71. The van der Waals surface area contributed by atoms with Crippen molar-refractivity contribution in [2.75, 3.05) is 19.7 Å². The normalized spacial score (nSPS) is 14.7. The lowest BCUT2D eigenvalue weighted by Crippen LogP contribution is -2.37. The monoisotopic (exact) mass is 334 g/mol. The van der Waals surface area contributed by atoms with Gasteiger partial charge in [-0.2, -0.15) is 0 Å². The van der Waals surface area contributed by atoms with Crippen molar-refractivity contribution in [1.29, 1.82) is 0 Å². The molecule has 2 N–H and O–H groups in total. The molecular formula is C18H26N2O4.